The number of carbonyl (C=O) groups excluding carboxylic acids is 1. The Morgan fingerprint density at radius 3 is 2.59 bits per heavy atom. The largest absolute Gasteiger partial charge is 0.444 e. The number of ether oxygens (including phenoxy) is 2. The monoisotopic (exact) mass is 369 g/mol. The van der Waals surface area contributed by atoms with E-state index in [-0.39, 0.29) is 6.09 Å². The van der Waals surface area contributed by atoms with Gasteiger partial charge in [0.25, 0.3) is 0 Å². The molecule has 1 heterocycles. The van der Waals surface area contributed by atoms with Gasteiger partial charge in [0.05, 0.1) is 11.9 Å². The molecule has 1 aliphatic heterocycles. The van der Waals surface area contributed by atoms with E-state index in [0.717, 1.165) is 18.4 Å². The normalized spacial score (nSPS) is 21.9. The summed E-state index contributed by atoms with van der Waals surface area (Å²) in [5.74, 6) is 0. The molecule has 1 saturated heterocycles. The number of carbonyl (C=O) groups is 1. The first-order valence-electron chi connectivity index (χ1n) is 7.61. The molecule has 1 amide bonds. The van der Waals surface area contributed by atoms with E-state index in [9.17, 15) is 4.79 Å². The van der Waals surface area contributed by atoms with Gasteiger partial charge in [0.1, 0.15) is 5.60 Å². The maximum absolute atomic E-state index is 12.4. The molecule has 0 radical (unpaired) electrons. The molecule has 22 heavy (non-hydrogen) atoms. The molecule has 1 aromatic carbocycles. The highest BCUT2D eigenvalue weighted by Crippen LogP contribution is 2.34. The Hall–Kier alpha value is -1.07. The van der Waals surface area contributed by atoms with Gasteiger partial charge in [0, 0.05) is 6.54 Å². The molecule has 0 saturated carbocycles. The SMILES string of the molecule is CC(C)(C)OC(=O)N1CCCC1(CBr)OCc1ccccc1. The first-order chi connectivity index (χ1) is 10.4. The predicted molar refractivity (Wildman–Crippen MR) is 89.9 cm³/mol. The number of likely N-dealkylation sites (tertiary alicyclic amines) is 1. The highest BCUT2D eigenvalue weighted by molar-refractivity contribution is 9.09. The van der Waals surface area contributed by atoms with Crippen molar-refractivity contribution in [2.24, 2.45) is 0 Å². The Morgan fingerprint density at radius 2 is 2.00 bits per heavy atom. The fraction of sp³-hybridized carbons (Fsp3) is 0.588. The molecule has 0 aliphatic carbocycles. The van der Waals surface area contributed by atoms with Gasteiger partial charge in [-0.05, 0) is 39.2 Å². The molecule has 5 heteroatoms. The molecule has 1 aliphatic rings. The van der Waals surface area contributed by atoms with Crippen LogP contribution in [0.3, 0.4) is 0 Å². The van der Waals surface area contributed by atoms with Crippen molar-refractivity contribution in [3.63, 3.8) is 0 Å². The summed E-state index contributed by atoms with van der Waals surface area (Å²) in [6.45, 7) is 6.77. The van der Waals surface area contributed by atoms with Gasteiger partial charge in [-0.25, -0.2) is 4.79 Å². The molecule has 0 aromatic heterocycles. The molecule has 0 bridgehead atoms. The summed E-state index contributed by atoms with van der Waals surface area (Å²) in [6, 6.07) is 10.00. The minimum absolute atomic E-state index is 0.308. The third-order valence-electron chi connectivity index (χ3n) is 3.61. The van der Waals surface area contributed by atoms with Crippen molar-refractivity contribution in [3.8, 4) is 0 Å². The molecule has 1 atom stereocenters. The van der Waals surface area contributed by atoms with Crippen molar-refractivity contribution in [3.05, 3.63) is 35.9 Å². The summed E-state index contributed by atoms with van der Waals surface area (Å²) in [5, 5.41) is 0.575. The summed E-state index contributed by atoms with van der Waals surface area (Å²) in [5.41, 5.74) is -0.0335. The van der Waals surface area contributed by atoms with Gasteiger partial charge in [0.2, 0.25) is 0 Å². The number of benzene rings is 1. The fourth-order valence-corrected chi connectivity index (χ4v) is 3.29. The van der Waals surface area contributed by atoms with E-state index >= 15 is 0 Å². The number of hydrogen-bond acceptors (Lipinski definition) is 3. The van der Waals surface area contributed by atoms with Gasteiger partial charge in [-0.1, -0.05) is 46.3 Å². The fourth-order valence-electron chi connectivity index (χ4n) is 2.55. The van der Waals surface area contributed by atoms with Crippen LogP contribution in [0.25, 0.3) is 0 Å². The van der Waals surface area contributed by atoms with Crippen molar-refractivity contribution >= 4 is 22.0 Å². The minimum Gasteiger partial charge on any atom is -0.444 e. The van der Waals surface area contributed by atoms with E-state index in [1.165, 1.54) is 0 Å². The summed E-state index contributed by atoms with van der Waals surface area (Å²) in [7, 11) is 0. The minimum atomic E-state index is -0.627. The van der Waals surface area contributed by atoms with Crippen LogP contribution in [0.15, 0.2) is 30.3 Å². The van der Waals surface area contributed by atoms with E-state index in [0.29, 0.717) is 18.5 Å². The Labute approximate surface area is 140 Å². The van der Waals surface area contributed by atoms with Crippen LogP contribution in [0.1, 0.15) is 39.2 Å². The van der Waals surface area contributed by atoms with Crippen molar-refractivity contribution < 1.29 is 14.3 Å². The molecule has 1 unspecified atom stereocenters. The Bertz CT molecular complexity index is 500. The Balaban J connectivity index is 2.08. The number of hydrogen-bond donors (Lipinski definition) is 0. The molecule has 122 valence electrons. The lowest BCUT2D eigenvalue weighted by molar-refractivity contribution is -0.122. The number of alkyl halides is 1. The van der Waals surface area contributed by atoms with Crippen LogP contribution >= 0.6 is 15.9 Å². The quantitative estimate of drug-likeness (QED) is 0.741. The zero-order valence-corrected chi connectivity index (χ0v) is 15.1. The summed E-state index contributed by atoms with van der Waals surface area (Å²) < 4.78 is 11.7. The molecular formula is C17H24BrNO3. The summed E-state index contributed by atoms with van der Waals surface area (Å²) in [6.07, 6.45) is 1.42. The lowest BCUT2D eigenvalue weighted by Gasteiger charge is -2.37. The summed E-state index contributed by atoms with van der Waals surface area (Å²) >= 11 is 3.52. The molecule has 0 spiro atoms. The van der Waals surface area contributed by atoms with E-state index in [2.05, 4.69) is 15.9 Å². The van der Waals surface area contributed by atoms with E-state index in [1.807, 2.05) is 51.1 Å². The third-order valence-corrected chi connectivity index (χ3v) is 4.49. The number of rotatable bonds is 4. The van der Waals surface area contributed by atoms with Crippen molar-refractivity contribution in [1.29, 1.82) is 0 Å². The second kappa shape index (κ2) is 7.01. The second-order valence-corrected chi connectivity index (χ2v) is 7.15. The highest BCUT2D eigenvalue weighted by Gasteiger charge is 2.45. The zero-order valence-electron chi connectivity index (χ0n) is 13.5. The lowest BCUT2D eigenvalue weighted by Crippen LogP contribution is -2.52. The third kappa shape index (κ3) is 4.23. The van der Waals surface area contributed by atoms with Crippen LogP contribution in [0, 0.1) is 0 Å². The van der Waals surface area contributed by atoms with Gasteiger partial charge in [-0.3, -0.25) is 4.90 Å². The topological polar surface area (TPSA) is 38.8 Å². The van der Waals surface area contributed by atoms with Crippen molar-refractivity contribution in [2.75, 3.05) is 11.9 Å². The first-order valence-corrected chi connectivity index (χ1v) is 8.73. The molecule has 1 aromatic rings. The molecule has 0 N–H and O–H groups in total. The van der Waals surface area contributed by atoms with Crippen LogP contribution in [0.4, 0.5) is 4.79 Å². The maximum atomic E-state index is 12.4. The smallest absolute Gasteiger partial charge is 0.412 e. The Morgan fingerprint density at radius 1 is 1.32 bits per heavy atom. The lowest BCUT2D eigenvalue weighted by atomic mass is 10.1. The van der Waals surface area contributed by atoms with E-state index < -0.39 is 11.3 Å². The number of amides is 1. The van der Waals surface area contributed by atoms with Gasteiger partial charge in [-0.15, -0.1) is 0 Å². The van der Waals surface area contributed by atoms with E-state index in [1.54, 1.807) is 4.90 Å². The van der Waals surface area contributed by atoms with Crippen molar-refractivity contribution in [1.82, 2.24) is 4.90 Å². The van der Waals surface area contributed by atoms with Crippen LogP contribution in [0.2, 0.25) is 0 Å². The molecule has 1 fully saturated rings. The van der Waals surface area contributed by atoms with Crippen LogP contribution in [0.5, 0.6) is 0 Å². The van der Waals surface area contributed by atoms with Crippen LogP contribution in [-0.2, 0) is 16.1 Å². The summed E-state index contributed by atoms with van der Waals surface area (Å²) in [4.78, 5) is 14.2. The number of halogens is 1. The number of nitrogens with zero attached hydrogens (tertiary/aromatic N) is 1. The van der Waals surface area contributed by atoms with Crippen LogP contribution < -0.4 is 0 Å². The second-order valence-electron chi connectivity index (χ2n) is 6.59. The van der Waals surface area contributed by atoms with Crippen LogP contribution in [-0.4, -0.2) is 34.2 Å². The van der Waals surface area contributed by atoms with Gasteiger partial charge in [0.15, 0.2) is 5.72 Å². The van der Waals surface area contributed by atoms with E-state index in [4.69, 9.17) is 9.47 Å². The highest BCUT2D eigenvalue weighted by atomic mass is 79.9. The molecular weight excluding hydrogens is 346 g/mol. The Kier molecular flexibility index (Phi) is 5.50. The molecule has 4 nitrogen and oxygen atoms in total. The average molecular weight is 370 g/mol. The zero-order chi connectivity index (χ0) is 16.2. The van der Waals surface area contributed by atoms with Gasteiger partial charge < -0.3 is 9.47 Å². The predicted octanol–water partition coefficient (Wildman–Crippen LogP) is 4.33. The average Bonchev–Trinajstić information content (AvgIpc) is 2.89. The standard InChI is InChI=1S/C17H24BrNO3/c1-16(2,3)22-15(20)19-11-7-10-17(19,13-18)21-12-14-8-5-4-6-9-14/h4-6,8-9H,7,10-13H2,1-3H3. The maximum Gasteiger partial charge on any atom is 0.412 e. The van der Waals surface area contributed by atoms with Gasteiger partial charge in [-0.2, -0.15) is 0 Å². The van der Waals surface area contributed by atoms with Crippen molar-refractivity contribution in [2.45, 2.75) is 51.5 Å². The molecule has 2 rings (SSSR count). The van der Waals surface area contributed by atoms with Gasteiger partial charge >= 0.3 is 6.09 Å². The first kappa shape index (κ1) is 17.3.